The summed E-state index contributed by atoms with van der Waals surface area (Å²) in [6.45, 7) is 1.95. The van der Waals surface area contributed by atoms with Gasteiger partial charge in [-0.3, -0.25) is 4.79 Å². The third kappa shape index (κ3) is 3.81. The zero-order chi connectivity index (χ0) is 13.7. The first kappa shape index (κ1) is 13.1. The molecule has 2 aromatic carbocycles. The Bertz CT molecular complexity index is 570. The first-order chi connectivity index (χ1) is 9.15. The summed E-state index contributed by atoms with van der Waals surface area (Å²) in [6.07, 6.45) is 0. The Hall–Kier alpha value is -2.36. The van der Waals surface area contributed by atoms with E-state index in [1.165, 1.54) is 19.1 Å². The number of amides is 1. The van der Waals surface area contributed by atoms with Crippen LogP contribution in [0.25, 0.3) is 0 Å². The maximum Gasteiger partial charge on any atom is 0.221 e. The average molecular weight is 258 g/mol. The molecule has 0 fully saturated rings. The van der Waals surface area contributed by atoms with Crippen LogP contribution >= 0.6 is 0 Å². The van der Waals surface area contributed by atoms with Crippen LogP contribution in [-0.4, -0.2) is 5.91 Å². The first-order valence-corrected chi connectivity index (χ1v) is 6.00. The van der Waals surface area contributed by atoms with Gasteiger partial charge in [0.05, 0.1) is 5.69 Å². The molecule has 19 heavy (non-hydrogen) atoms. The number of hydrogen-bond donors (Lipinski definition) is 2. The quantitative estimate of drug-likeness (QED) is 0.882. The Labute approximate surface area is 111 Å². The van der Waals surface area contributed by atoms with Crippen molar-refractivity contribution in [3.63, 3.8) is 0 Å². The molecule has 0 heterocycles. The fourth-order valence-electron chi connectivity index (χ4n) is 1.73. The van der Waals surface area contributed by atoms with Crippen molar-refractivity contribution in [1.82, 2.24) is 0 Å². The lowest BCUT2D eigenvalue weighted by Gasteiger charge is -2.10. The second kappa shape index (κ2) is 6.00. The van der Waals surface area contributed by atoms with Gasteiger partial charge in [-0.25, -0.2) is 4.39 Å². The third-order valence-electron chi connectivity index (χ3n) is 2.61. The molecule has 0 aromatic heterocycles. The molecule has 0 spiro atoms. The third-order valence-corrected chi connectivity index (χ3v) is 2.61. The topological polar surface area (TPSA) is 41.1 Å². The molecule has 0 saturated carbocycles. The van der Waals surface area contributed by atoms with Crippen LogP contribution in [0.1, 0.15) is 12.5 Å². The Morgan fingerprint density at radius 1 is 1.16 bits per heavy atom. The molecule has 1 amide bonds. The van der Waals surface area contributed by atoms with E-state index in [0.717, 1.165) is 5.56 Å². The predicted octanol–water partition coefficient (Wildman–Crippen LogP) is 3.40. The highest BCUT2D eigenvalue weighted by Gasteiger charge is 2.04. The van der Waals surface area contributed by atoms with Crippen molar-refractivity contribution in [3.8, 4) is 0 Å². The number of anilines is 2. The van der Waals surface area contributed by atoms with Gasteiger partial charge in [-0.1, -0.05) is 30.3 Å². The highest BCUT2D eigenvalue weighted by Crippen LogP contribution is 2.20. The number of benzene rings is 2. The fourth-order valence-corrected chi connectivity index (χ4v) is 1.73. The summed E-state index contributed by atoms with van der Waals surface area (Å²) in [5.74, 6) is -0.523. The average Bonchev–Trinajstić information content (AvgIpc) is 2.40. The van der Waals surface area contributed by atoms with E-state index in [2.05, 4.69) is 10.6 Å². The van der Waals surface area contributed by atoms with Crippen molar-refractivity contribution in [2.75, 3.05) is 10.6 Å². The summed E-state index contributed by atoms with van der Waals surface area (Å²) in [5, 5.41) is 5.64. The fraction of sp³-hybridized carbons (Fsp3) is 0.133. The van der Waals surface area contributed by atoms with E-state index in [1.54, 1.807) is 6.07 Å². The second-order valence-corrected chi connectivity index (χ2v) is 4.21. The zero-order valence-corrected chi connectivity index (χ0v) is 10.6. The molecule has 4 heteroatoms. The van der Waals surface area contributed by atoms with Gasteiger partial charge in [0, 0.05) is 19.2 Å². The van der Waals surface area contributed by atoms with Crippen LogP contribution in [0.4, 0.5) is 15.8 Å². The van der Waals surface area contributed by atoms with Gasteiger partial charge in [-0.15, -0.1) is 0 Å². The molecule has 0 aliphatic rings. The van der Waals surface area contributed by atoms with Gasteiger partial charge in [0.25, 0.3) is 0 Å². The smallest absolute Gasteiger partial charge is 0.221 e. The summed E-state index contributed by atoms with van der Waals surface area (Å²) < 4.78 is 13.6. The maximum absolute atomic E-state index is 13.6. The molecule has 2 N–H and O–H groups in total. The van der Waals surface area contributed by atoms with E-state index in [-0.39, 0.29) is 11.7 Å². The number of nitrogens with one attached hydrogen (secondary N) is 2. The minimum absolute atomic E-state index is 0.180. The summed E-state index contributed by atoms with van der Waals surface area (Å²) in [6, 6.07) is 14.2. The lowest BCUT2D eigenvalue weighted by atomic mass is 10.2. The van der Waals surface area contributed by atoms with Crippen molar-refractivity contribution in [3.05, 3.63) is 59.9 Å². The van der Waals surface area contributed by atoms with Gasteiger partial charge in [0.15, 0.2) is 0 Å². The molecule has 0 aliphatic heterocycles. The largest absolute Gasteiger partial charge is 0.379 e. The van der Waals surface area contributed by atoms with Crippen LogP contribution in [0.5, 0.6) is 0 Å². The van der Waals surface area contributed by atoms with E-state index in [0.29, 0.717) is 17.9 Å². The van der Waals surface area contributed by atoms with Crippen LogP contribution in [-0.2, 0) is 11.3 Å². The first-order valence-electron chi connectivity index (χ1n) is 6.00. The van der Waals surface area contributed by atoms with Gasteiger partial charge in [-0.2, -0.15) is 0 Å². The Kier molecular flexibility index (Phi) is 4.13. The Morgan fingerprint density at radius 3 is 2.58 bits per heavy atom. The zero-order valence-electron chi connectivity index (χ0n) is 10.6. The molecule has 3 nitrogen and oxygen atoms in total. The van der Waals surface area contributed by atoms with Crippen LogP contribution in [0.2, 0.25) is 0 Å². The lowest BCUT2D eigenvalue weighted by molar-refractivity contribution is -0.114. The molecule has 2 rings (SSSR count). The highest BCUT2D eigenvalue weighted by atomic mass is 19.1. The lowest BCUT2D eigenvalue weighted by Crippen LogP contribution is -2.07. The van der Waals surface area contributed by atoms with Gasteiger partial charge in [0.2, 0.25) is 5.91 Å². The number of carbonyl (C=O) groups excluding carboxylic acids is 1. The van der Waals surface area contributed by atoms with E-state index >= 15 is 0 Å². The van der Waals surface area contributed by atoms with Crippen LogP contribution in [0.15, 0.2) is 48.5 Å². The van der Waals surface area contributed by atoms with Crippen molar-refractivity contribution < 1.29 is 9.18 Å². The van der Waals surface area contributed by atoms with E-state index in [4.69, 9.17) is 0 Å². The van der Waals surface area contributed by atoms with E-state index < -0.39 is 0 Å². The van der Waals surface area contributed by atoms with E-state index in [1.807, 2.05) is 30.3 Å². The number of halogens is 1. The van der Waals surface area contributed by atoms with Gasteiger partial charge in [-0.05, 0) is 23.8 Å². The summed E-state index contributed by atoms with van der Waals surface area (Å²) in [5.41, 5.74) is 2.01. The second-order valence-electron chi connectivity index (χ2n) is 4.21. The highest BCUT2D eigenvalue weighted by molar-refractivity contribution is 5.89. The minimum atomic E-state index is -0.343. The molecule has 0 unspecified atom stereocenters. The normalized spacial score (nSPS) is 10.0. The predicted molar refractivity (Wildman–Crippen MR) is 74.5 cm³/mol. The summed E-state index contributed by atoms with van der Waals surface area (Å²) in [4.78, 5) is 11.0. The standard InChI is InChI=1S/C15H15FN2O/c1-11(19)18-13-7-8-14(16)15(9-13)17-10-12-5-3-2-4-6-12/h2-9,17H,10H2,1H3,(H,18,19). The molecule has 0 atom stereocenters. The van der Waals surface area contributed by atoms with Gasteiger partial charge in [0.1, 0.15) is 5.82 Å². The summed E-state index contributed by atoms with van der Waals surface area (Å²) in [7, 11) is 0. The Morgan fingerprint density at radius 2 is 1.89 bits per heavy atom. The van der Waals surface area contributed by atoms with Crippen molar-refractivity contribution in [2.24, 2.45) is 0 Å². The molecule has 0 bridgehead atoms. The molecule has 2 aromatic rings. The molecular formula is C15H15FN2O. The molecule has 0 radical (unpaired) electrons. The van der Waals surface area contributed by atoms with Crippen LogP contribution in [0.3, 0.4) is 0 Å². The SMILES string of the molecule is CC(=O)Nc1ccc(F)c(NCc2ccccc2)c1. The van der Waals surface area contributed by atoms with Crippen LogP contribution in [0, 0.1) is 5.82 Å². The molecular weight excluding hydrogens is 243 g/mol. The van der Waals surface area contributed by atoms with Crippen LogP contribution < -0.4 is 10.6 Å². The van der Waals surface area contributed by atoms with Crippen molar-refractivity contribution in [2.45, 2.75) is 13.5 Å². The minimum Gasteiger partial charge on any atom is -0.379 e. The molecule has 98 valence electrons. The van der Waals surface area contributed by atoms with E-state index in [9.17, 15) is 9.18 Å². The molecule has 0 aliphatic carbocycles. The molecule has 0 saturated heterocycles. The number of rotatable bonds is 4. The Balaban J connectivity index is 2.08. The number of carbonyl (C=O) groups is 1. The van der Waals surface area contributed by atoms with Gasteiger partial charge < -0.3 is 10.6 Å². The number of hydrogen-bond acceptors (Lipinski definition) is 2. The summed E-state index contributed by atoms with van der Waals surface area (Å²) >= 11 is 0. The monoisotopic (exact) mass is 258 g/mol. The maximum atomic E-state index is 13.6. The van der Waals surface area contributed by atoms with Gasteiger partial charge >= 0.3 is 0 Å². The van der Waals surface area contributed by atoms with Crippen molar-refractivity contribution in [1.29, 1.82) is 0 Å². The van der Waals surface area contributed by atoms with Crippen molar-refractivity contribution >= 4 is 17.3 Å².